The van der Waals surface area contributed by atoms with Gasteiger partial charge in [-0.1, -0.05) is 37.3 Å². The number of benzene rings is 2. The van der Waals surface area contributed by atoms with Gasteiger partial charge in [0.05, 0.1) is 22.9 Å². The van der Waals surface area contributed by atoms with Crippen LogP contribution in [0.15, 0.2) is 42.5 Å². The van der Waals surface area contributed by atoms with Crippen LogP contribution in [0.5, 0.6) is 0 Å². The SMILES string of the molecule is C[C@H]([C@H](C(=O)Nc1cc(CC2(C(=O)O)CC2)ccc1F)c1ccc(C(C)(F)F)cc1)C(F)(F)F. The number of hydrogen-bond donors (Lipinski definition) is 2. The molecule has 1 saturated carbocycles. The van der Waals surface area contributed by atoms with E-state index < -0.39 is 52.6 Å². The van der Waals surface area contributed by atoms with Gasteiger partial charge in [0.25, 0.3) is 5.92 Å². The van der Waals surface area contributed by atoms with Crippen molar-refractivity contribution < 1.29 is 41.0 Å². The van der Waals surface area contributed by atoms with Gasteiger partial charge in [0.15, 0.2) is 0 Å². The van der Waals surface area contributed by atoms with Gasteiger partial charge in [-0.25, -0.2) is 13.2 Å². The van der Waals surface area contributed by atoms with Crippen LogP contribution in [0.4, 0.5) is 32.0 Å². The first kappa shape index (κ1) is 25.6. The maximum atomic E-state index is 14.4. The lowest BCUT2D eigenvalue weighted by Gasteiger charge is -2.26. The maximum absolute atomic E-state index is 14.4. The smallest absolute Gasteiger partial charge is 0.392 e. The molecule has 0 spiro atoms. The van der Waals surface area contributed by atoms with Crippen LogP contribution in [0.2, 0.25) is 0 Å². The van der Waals surface area contributed by atoms with E-state index in [1.165, 1.54) is 12.1 Å². The van der Waals surface area contributed by atoms with Gasteiger partial charge in [0.2, 0.25) is 5.91 Å². The fraction of sp³-hybridized carbons (Fsp3) is 0.417. The van der Waals surface area contributed by atoms with Crippen LogP contribution < -0.4 is 5.32 Å². The van der Waals surface area contributed by atoms with Gasteiger partial charge < -0.3 is 10.4 Å². The lowest BCUT2D eigenvalue weighted by molar-refractivity contribution is -0.178. The topological polar surface area (TPSA) is 66.4 Å². The van der Waals surface area contributed by atoms with Crippen molar-refractivity contribution in [3.63, 3.8) is 0 Å². The Morgan fingerprint density at radius 2 is 1.65 bits per heavy atom. The Morgan fingerprint density at radius 1 is 1.06 bits per heavy atom. The van der Waals surface area contributed by atoms with E-state index in [0.717, 1.165) is 37.3 Å². The summed E-state index contributed by atoms with van der Waals surface area (Å²) in [5, 5.41) is 11.5. The zero-order valence-corrected chi connectivity index (χ0v) is 18.3. The molecule has 34 heavy (non-hydrogen) atoms. The summed E-state index contributed by atoms with van der Waals surface area (Å²) in [5.41, 5.74) is -1.53. The van der Waals surface area contributed by atoms with Crippen LogP contribution in [0.1, 0.15) is 49.3 Å². The molecule has 0 aliphatic heterocycles. The van der Waals surface area contributed by atoms with Crippen molar-refractivity contribution in [2.75, 3.05) is 5.32 Å². The van der Waals surface area contributed by atoms with Crippen molar-refractivity contribution >= 4 is 17.6 Å². The first-order valence-electron chi connectivity index (χ1n) is 10.5. The first-order chi connectivity index (χ1) is 15.6. The summed E-state index contributed by atoms with van der Waals surface area (Å²) in [5.74, 6) is -10.3. The Kier molecular flexibility index (Phi) is 6.74. The molecule has 2 atom stereocenters. The molecule has 1 aliphatic carbocycles. The Morgan fingerprint density at radius 3 is 2.12 bits per heavy atom. The predicted molar refractivity (Wildman–Crippen MR) is 112 cm³/mol. The van der Waals surface area contributed by atoms with E-state index in [0.29, 0.717) is 25.3 Å². The molecule has 2 aromatic carbocycles. The summed E-state index contributed by atoms with van der Waals surface area (Å²) in [6, 6.07) is 7.50. The standard InChI is InChI=1S/C24H23F6NO3/c1-13(24(28,29)30)19(15-4-6-16(7-5-15)22(2,26)27)20(32)31-18-11-14(3-8-17(18)25)12-23(9-10-23)21(33)34/h3-8,11,13,19H,9-10,12H2,1-2H3,(H,31,32)(H,33,34)/t13-,19+/m1/s1. The summed E-state index contributed by atoms with van der Waals surface area (Å²) >= 11 is 0. The number of hydrogen-bond acceptors (Lipinski definition) is 2. The van der Waals surface area contributed by atoms with Crippen LogP contribution in [-0.2, 0) is 21.9 Å². The highest BCUT2D eigenvalue weighted by Crippen LogP contribution is 2.49. The van der Waals surface area contributed by atoms with Gasteiger partial charge in [0, 0.05) is 12.5 Å². The molecular formula is C24H23F6NO3. The van der Waals surface area contributed by atoms with Gasteiger partial charge in [-0.15, -0.1) is 0 Å². The molecule has 2 N–H and O–H groups in total. The predicted octanol–water partition coefficient (Wildman–Crippen LogP) is 6.27. The second kappa shape index (κ2) is 8.96. The molecule has 1 amide bonds. The number of nitrogens with one attached hydrogen (secondary N) is 1. The van der Waals surface area contributed by atoms with Crippen LogP contribution in [0.25, 0.3) is 0 Å². The fourth-order valence-electron chi connectivity index (χ4n) is 3.84. The molecule has 1 aliphatic rings. The van der Waals surface area contributed by atoms with E-state index in [-0.39, 0.29) is 17.7 Å². The second-order valence-electron chi connectivity index (χ2n) is 8.88. The lowest BCUT2D eigenvalue weighted by Crippen LogP contribution is -2.34. The largest absolute Gasteiger partial charge is 0.481 e. The number of anilines is 1. The summed E-state index contributed by atoms with van der Waals surface area (Å²) in [6.07, 6.45) is -3.82. The number of carbonyl (C=O) groups is 2. The first-order valence-corrected chi connectivity index (χ1v) is 10.5. The molecule has 0 bridgehead atoms. The van der Waals surface area contributed by atoms with E-state index in [4.69, 9.17) is 0 Å². The number of rotatable bonds is 8. The maximum Gasteiger partial charge on any atom is 0.392 e. The Balaban J connectivity index is 1.90. The third-order valence-corrected chi connectivity index (χ3v) is 6.21. The molecule has 0 aromatic heterocycles. The van der Waals surface area contributed by atoms with E-state index in [2.05, 4.69) is 5.32 Å². The van der Waals surface area contributed by atoms with E-state index in [1.54, 1.807) is 0 Å². The van der Waals surface area contributed by atoms with Crippen molar-refractivity contribution in [2.45, 2.75) is 51.1 Å². The van der Waals surface area contributed by atoms with E-state index >= 15 is 0 Å². The van der Waals surface area contributed by atoms with Gasteiger partial charge in [-0.3, -0.25) is 9.59 Å². The van der Waals surface area contributed by atoms with Gasteiger partial charge in [-0.05, 0) is 42.5 Å². The van der Waals surface area contributed by atoms with Crippen molar-refractivity contribution in [2.24, 2.45) is 11.3 Å². The highest BCUT2D eigenvalue weighted by molar-refractivity contribution is 5.96. The van der Waals surface area contributed by atoms with E-state index in [9.17, 15) is 41.0 Å². The third kappa shape index (κ3) is 5.53. The molecule has 4 nitrogen and oxygen atoms in total. The molecule has 1 fully saturated rings. The molecule has 0 radical (unpaired) electrons. The highest BCUT2D eigenvalue weighted by Gasteiger charge is 2.50. The van der Waals surface area contributed by atoms with Crippen molar-refractivity contribution in [3.05, 3.63) is 65.0 Å². The number of carbonyl (C=O) groups excluding carboxylic acids is 1. The molecule has 184 valence electrons. The second-order valence-corrected chi connectivity index (χ2v) is 8.88. The van der Waals surface area contributed by atoms with Crippen LogP contribution in [0, 0.1) is 17.2 Å². The Bertz CT molecular complexity index is 1070. The number of aliphatic carboxylic acids is 1. The number of carboxylic acids is 1. The van der Waals surface area contributed by atoms with Crippen molar-refractivity contribution in [1.29, 1.82) is 0 Å². The number of carboxylic acid groups (broad SMARTS) is 1. The third-order valence-electron chi connectivity index (χ3n) is 6.21. The van der Waals surface area contributed by atoms with Crippen molar-refractivity contribution in [3.8, 4) is 0 Å². The summed E-state index contributed by atoms with van der Waals surface area (Å²) in [6.45, 7) is 1.42. The minimum atomic E-state index is -4.80. The normalized spacial score (nSPS) is 17.1. The summed E-state index contributed by atoms with van der Waals surface area (Å²) in [7, 11) is 0. The zero-order chi connectivity index (χ0) is 25.5. The average Bonchev–Trinajstić information content (AvgIpc) is 3.50. The molecule has 10 heteroatoms. The van der Waals surface area contributed by atoms with Crippen LogP contribution in [-0.4, -0.2) is 23.2 Å². The number of halogens is 6. The summed E-state index contributed by atoms with van der Waals surface area (Å²) in [4.78, 5) is 24.4. The number of alkyl halides is 5. The molecule has 2 aromatic rings. The Hall–Kier alpha value is -3.04. The Labute approximate surface area is 192 Å². The minimum Gasteiger partial charge on any atom is -0.481 e. The quantitative estimate of drug-likeness (QED) is 0.432. The zero-order valence-electron chi connectivity index (χ0n) is 18.3. The van der Waals surface area contributed by atoms with Gasteiger partial charge >= 0.3 is 12.1 Å². The molecule has 0 heterocycles. The van der Waals surface area contributed by atoms with Gasteiger partial charge in [-0.2, -0.15) is 13.2 Å². The van der Waals surface area contributed by atoms with Gasteiger partial charge in [0.1, 0.15) is 5.82 Å². The van der Waals surface area contributed by atoms with Crippen molar-refractivity contribution in [1.82, 2.24) is 0 Å². The van der Waals surface area contributed by atoms with E-state index in [1.807, 2.05) is 0 Å². The molecule has 0 unspecified atom stereocenters. The van der Waals surface area contributed by atoms with Crippen LogP contribution >= 0.6 is 0 Å². The van der Waals surface area contributed by atoms with Crippen LogP contribution in [0.3, 0.4) is 0 Å². The molecular weight excluding hydrogens is 464 g/mol. The molecule has 3 rings (SSSR count). The lowest BCUT2D eigenvalue weighted by atomic mass is 9.85. The summed E-state index contributed by atoms with van der Waals surface area (Å²) < 4.78 is 82.0. The fourth-order valence-corrected chi connectivity index (χ4v) is 3.84. The molecule has 0 saturated heterocycles. The highest BCUT2D eigenvalue weighted by atomic mass is 19.4. The monoisotopic (exact) mass is 487 g/mol. The number of amides is 1. The average molecular weight is 487 g/mol. The minimum absolute atomic E-state index is 0.0839.